The van der Waals surface area contributed by atoms with Gasteiger partial charge in [-0.2, -0.15) is 0 Å². The van der Waals surface area contributed by atoms with Gasteiger partial charge in [-0.25, -0.2) is 8.42 Å². The highest BCUT2D eigenvalue weighted by molar-refractivity contribution is 7.92. The molecular weight excluding hydrogens is 326 g/mol. The minimum atomic E-state index is -3.82. The molecule has 118 valence electrons. The molecule has 0 amide bonds. The van der Waals surface area contributed by atoms with Crippen LogP contribution in [-0.2, 0) is 10.0 Å². The van der Waals surface area contributed by atoms with Crippen molar-refractivity contribution in [3.63, 3.8) is 0 Å². The van der Waals surface area contributed by atoms with Crippen LogP contribution < -0.4 is 14.2 Å². The van der Waals surface area contributed by atoms with Crippen LogP contribution in [0, 0.1) is 6.92 Å². The highest BCUT2D eigenvalue weighted by Gasteiger charge is 2.20. The summed E-state index contributed by atoms with van der Waals surface area (Å²) in [4.78, 5) is -0.0176. The van der Waals surface area contributed by atoms with Crippen LogP contribution in [0.1, 0.15) is 5.56 Å². The summed E-state index contributed by atoms with van der Waals surface area (Å²) in [5.74, 6) is 0.908. The quantitative estimate of drug-likeness (QED) is 0.904. The minimum absolute atomic E-state index is 0.0176. The Labute approximate surface area is 134 Å². The van der Waals surface area contributed by atoms with Gasteiger partial charge < -0.3 is 9.47 Å². The van der Waals surface area contributed by atoms with Gasteiger partial charge in [0.15, 0.2) is 0 Å². The molecule has 5 nitrogen and oxygen atoms in total. The summed E-state index contributed by atoms with van der Waals surface area (Å²) >= 11 is 5.88. The van der Waals surface area contributed by atoms with Crippen molar-refractivity contribution in [2.45, 2.75) is 11.8 Å². The summed E-state index contributed by atoms with van der Waals surface area (Å²) in [5.41, 5.74) is 1.25. The van der Waals surface area contributed by atoms with Gasteiger partial charge in [0, 0.05) is 10.7 Å². The molecule has 0 saturated heterocycles. The third-order valence-electron chi connectivity index (χ3n) is 3.06. The van der Waals surface area contributed by atoms with Gasteiger partial charge in [0.25, 0.3) is 10.0 Å². The molecule has 0 bridgehead atoms. The second kappa shape index (κ2) is 6.46. The van der Waals surface area contributed by atoms with Crippen LogP contribution in [0.3, 0.4) is 0 Å². The molecule has 0 heterocycles. The highest BCUT2D eigenvalue weighted by Crippen LogP contribution is 2.29. The van der Waals surface area contributed by atoms with E-state index in [0.717, 1.165) is 5.56 Å². The van der Waals surface area contributed by atoms with Gasteiger partial charge in [0.05, 0.1) is 14.2 Å². The Kier molecular flexibility index (Phi) is 4.83. The van der Waals surface area contributed by atoms with E-state index in [-0.39, 0.29) is 10.6 Å². The first-order chi connectivity index (χ1) is 10.4. The van der Waals surface area contributed by atoms with Crippen molar-refractivity contribution in [3.8, 4) is 11.5 Å². The molecule has 2 aromatic carbocycles. The fourth-order valence-electron chi connectivity index (χ4n) is 2.01. The van der Waals surface area contributed by atoms with Gasteiger partial charge in [0.1, 0.15) is 16.4 Å². The van der Waals surface area contributed by atoms with Crippen LogP contribution >= 0.6 is 11.6 Å². The van der Waals surface area contributed by atoms with Crippen molar-refractivity contribution in [1.29, 1.82) is 0 Å². The number of nitrogens with one attached hydrogen (secondary N) is 1. The molecule has 2 rings (SSSR count). The second-order valence-corrected chi connectivity index (χ2v) is 6.67. The third kappa shape index (κ3) is 3.45. The maximum atomic E-state index is 12.5. The van der Waals surface area contributed by atoms with E-state index in [2.05, 4.69) is 4.72 Å². The van der Waals surface area contributed by atoms with E-state index in [0.29, 0.717) is 16.5 Å². The molecule has 0 atom stereocenters. The molecule has 0 fully saturated rings. The zero-order valence-electron chi connectivity index (χ0n) is 12.4. The Morgan fingerprint density at radius 3 is 2.23 bits per heavy atom. The molecule has 22 heavy (non-hydrogen) atoms. The fraction of sp³-hybridized carbons (Fsp3) is 0.200. The first-order valence-corrected chi connectivity index (χ1v) is 8.24. The van der Waals surface area contributed by atoms with Crippen molar-refractivity contribution < 1.29 is 17.9 Å². The van der Waals surface area contributed by atoms with Gasteiger partial charge in [-0.15, -0.1) is 0 Å². The van der Waals surface area contributed by atoms with Crippen LogP contribution in [0.25, 0.3) is 0 Å². The molecule has 0 radical (unpaired) electrons. The summed E-state index contributed by atoms with van der Waals surface area (Å²) < 4.78 is 37.8. The summed E-state index contributed by atoms with van der Waals surface area (Å²) in [5, 5.41) is 0.312. The molecule has 2 aromatic rings. The maximum absolute atomic E-state index is 12.5. The van der Waals surface area contributed by atoms with Crippen molar-refractivity contribution in [1.82, 2.24) is 0 Å². The van der Waals surface area contributed by atoms with Gasteiger partial charge >= 0.3 is 0 Å². The number of hydrogen-bond acceptors (Lipinski definition) is 4. The lowest BCUT2D eigenvalue weighted by Crippen LogP contribution is -2.14. The Morgan fingerprint density at radius 2 is 1.64 bits per heavy atom. The van der Waals surface area contributed by atoms with E-state index in [1.54, 1.807) is 31.4 Å². The molecular formula is C15H16ClNO4S. The highest BCUT2D eigenvalue weighted by atomic mass is 35.5. The van der Waals surface area contributed by atoms with Gasteiger partial charge in [0.2, 0.25) is 0 Å². The summed E-state index contributed by atoms with van der Waals surface area (Å²) in [6.45, 7) is 1.83. The number of anilines is 1. The Bertz CT molecular complexity index is 790. The first-order valence-electron chi connectivity index (χ1n) is 6.38. The molecule has 0 aliphatic carbocycles. The van der Waals surface area contributed by atoms with E-state index < -0.39 is 10.0 Å². The number of halogens is 1. The monoisotopic (exact) mass is 341 g/mol. The van der Waals surface area contributed by atoms with Crippen molar-refractivity contribution >= 4 is 27.3 Å². The summed E-state index contributed by atoms with van der Waals surface area (Å²) in [7, 11) is -0.854. The van der Waals surface area contributed by atoms with E-state index in [9.17, 15) is 8.42 Å². The zero-order chi connectivity index (χ0) is 16.3. The number of aryl methyl sites for hydroxylation is 1. The number of sulfonamides is 1. The number of benzene rings is 2. The molecule has 0 spiro atoms. The van der Waals surface area contributed by atoms with Crippen molar-refractivity contribution in [2.24, 2.45) is 0 Å². The van der Waals surface area contributed by atoms with Crippen LogP contribution in [0.15, 0.2) is 41.3 Å². The molecule has 0 unspecified atom stereocenters. The Balaban J connectivity index is 2.40. The smallest absolute Gasteiger partial charge is 0.265 e. The molecule has 0 aliphatic rings. The lowest BCUT2D eigenvalue weighted by molar-refractivity contribution is 0.403. The first kappa shape index (κ1) is 16.5. The van der Waals surface area contributed by atoms with Crippen LogP contribution in [-0.4, -0.2) is 22.6 Å². The predicted octanol–water partition coefficient (Wildman–Crippen LogP) is 3.47. The van der Waals surface area contributed by atoms with Crippen LogP contribution in [0.2, 0.25) is 5.02 Å². The molecule has 0 aromatic heterocycles. The lowest BCUT2D eigenvalue weighted by Gasteiger charge is -2.13. The minimum Gasteiger partial charge on any atom is -0.496 e. The molecule has 7 heteroatoms. The van der Waals surface area contributed by atoms with E-state index in [1.165, 1.54) is 19.2 Å². The number of rotatable bonds is 5. The van der Waals surface area contributed by atoms with Gasteiger partial charge in [-0.3, -0.25) is 4.72 Å². The average Bonchev–Trinajstić information content (AvgIpc) is 2.47. The normalized spacial score (nSPS) is 11.1. The maximum Gasteiger partial charge on any atom is 0.265 e. The molecule has 0 aliphatic heterocycles. The third-order valence-corrected chi connectivity index (χ3v) is 4.70. The topological polar surface area (TPSA) is 64.6 Å². The number of ether oxygens (including phenoxy) is 2. The van der Waals surface area contributed by atoms with Crippen molar-refractivity contribution in [2.75, 3.05) is 18.9 Å². The SMILES string of the molecule is COc1ccc(NS(=O)(=O)c2cc(Cl)ccc2OC)cc1C. The van der Waals surface area contributed by atoms with Crippen LogP contribution in [0.5, 0.6) is 11.5 Å². The molecule has 0 saturated carbocycles. The van der Waals surface area contributed by atoms with E-state index in [4.69, 9.17) is 21.1 Å². The largest absolute Gasteiger partial charge is 0.496 e. The summed E-state index contributed by atoms with van der Waals surface area (Å²) in [6.07, 6.45) is 0. The zero-order valence-corrected chi connectivity index (χ0v) is 14.0. The van der Waals surface area contributed by atoms with Gasteiger partial charge in [-0.05, 0) is 48.9 Å². The fourth-order valence-corrected chi connectivity index (χ4v) is 3.49. The van der Waals surface area contributed by atoms with E-state index in [1.807, 2.05) is 6.92 Å². The Morgan fingerprint density at radius 1 is 1.00 bits per heavy atom. The average molecular weight is 342 g/mol. The standard InChI is InChI=1S/C15H16ClNO4S/c1-10-8-12(5-7-13(10)20-2)17-22(18,19)15-9-11(16)4-6-14(15)21-3/h4-9,17H,1-3H3. The molecule has 1 N–H and O–H groups in total. The van der Waals surface area contributed by atoms with Crippen LogP contribution in [0.4, 0.5) is 5.69 Å². The van der Waals surface area contributed by atoms with E-state index >= 15 is 0 Å². The Hall–Kier alpha value is -1.92. The van der Waals surface area contributed by atoms with Gasteiger partial charge in [-0.1, -0.05) is 11.6 Å². The lowest BCUT2D eigenvalue weighted by atomic mass is 10.2. The predicted molar refractivity (Wildman–Crippen MR) is 86.5 cm³/mol. The van der Waals surface area contributed by atoms with Crippen molar-refractivity contribution in [3.05, 3.63) is 47.0 Å². The second-order valence-electron chi connectivity index (χ2n) is 4.59. The number of methoxy groups -OCH3 is 2. The summed E-state index contributed by atoms with van der Waals surface area (Å²) in [6, 6.07) is 9.43. The number of hydrogen-bond donors (Lipinski definition) is 1.